The van der Waals surface area contributed by atoms with Crippen molar-refractivity contribution in [3.8, 4) is 0 Å². The van der Waals surface area contributed by atoms with Gasteiger partial charge in [0.25, 0.3) is 0 Å². The summed E-state index contributed by atoms with van der Waals surface area (Å²) in [4.78, 5) is 26.9. The lowest BCUT2D eigenvalue weighted by Crippen LogP contribution is -2.47. The summed E-state index contributed by atoms with van der Waals surface area (Å²) < 4.78 is 11.4. The summed E-state index contributed by atoms with van der Waals surface area (Å²) in [6, 6.07) is 7.40. The molecule has 1 aliphatic heterocycles. The number of urea groups is 1. The molecule has 0 bridgehead atoms. The lowest BCUT2D eigenvalue weighted by Gasteiger charge is -2.32. The second kappa shape index (κ2) is 9.16. The highest BCUT2D eigenvalue weighted by Crippen LogP contribution is 2.28. The Morgan fingerprint density at radius 2 is 2.07 bits per heavy atom. The third-order valence-electron chi connectivity index (χ3n) is 4.48. The molecule has 1 saturated heterocycles. The van der Waals surface area contributed by atoms with Gasteiger partial charge in [-0.1, -0.05) is 0 Å². The summed E-state index contributed by atoms with van der Waals surface area (Å²) in [5.74, 6) is -0.317. The Kier molecular flexibility index (Phi) is 6.65. The Balaban J connectivity index is 1.55. The van der Waals surface area contributed by atoms with E-state index in [1.54, 1.807) is 13.0 Å². The second-order valence-corrected chi connectivity index (χ2v) is 7.50. The first-order chi connectivity index (χ1) is 13.1. The Hall–Kier alpha value is -2.16. The maximum absolute atomic E-state index is 12.2. The van der Waals surface area contributed by atoms with Crippen LogP contribution < -0.4 is 10.6 Å². The zero-order chi connectivity index (χ0) is 19.2. The highest BCUT2D eigenvalue weighted by molar-refractivity contribution is 7.20. The van der Waals surface area contributed by atoms with Crippen LogP contribution in [0.4, 0.5) is 10.5 Å². The zero-order valence-electron chi connectivity index (χ0n) is 15.6. The van der Waals surface area contributed by atoms with Crippen molar-refractivity contribution in [2.45, 2.75) is 19.9 Å². The van der Waals surface area contributed by atoms with Gasteiger partial charge in [0.05, 0.1) is 19.8 Å². The van der Waals surface area contributed by atoms with Crippen LogP contribution in [-0.2, 0) is 9.47 Å². The Labute approximate surface area is 162 Å². The molecular formula is C19H25N3O4S. The number of ether oxygens (including phenoxy) is 2. The molecule has 8 heteroatoms. The maximum Gasteiger partial charge on any atom is 0.348 e. The molecule has 1 unspecified atom stereocenters. The van der Waals surface area contributed by atoms with E-state index in [2.05, 4.69) is 22.5 Å². The Bertz CT molecular complexity index is 801. The molecule has 0 radical (unpaired) electrons. The molecule has 1 atom stereocenters. The lowest BCUT2D eigenvalue weighted by molar-refractivity contribution is 0.0209. The van der Waals surface area contributed by atoms with Crippen LogP contribution in [0.1, 0.15) is 23.5 Å². The lowest BCUT2D eigenvalue weighted by atomic mass is 10.2. The van der Waals surface area contributed by atoms with Gasteiger partial charge in [0.2, 0.25) is 0 Å². The largest absolute Gasteiger partial charge is 0.462 e. The molecule has 1 aromatic carbocycles. The van der Waals surface area contributed by atoms with Crippen LogP contribution in [0.5, 0.6) is 0 Å². The van der Waals surface area contributed by atoms with Crippen LogP contribution in [0.15, 0.2) is 24.3 Å². The first kappa shape index (κ1) is 19.6. The molecule has 7 nitrogen and oxygen atoms in total. The number of esters is 1. The molecule has 2 amide bonds. The highest BCUT2D eigenvalue weighted by atomic mass is 32.1. The quantitative estimate of drug-likeness (QED) is 0.740. The second-order valence-electron chi connectivity index (χ2n) is 6.42. The number of benzene rings is 1. The minimum absolute atomic E-state index is 0.240. The Morgan fingerprint density at radius 3 is 2.81 bits per heavy atom. The number of nitrogens with one attached hydrogen (secondary N) is 2. The average Bonchev–Trinajstić information content (AvgIpc) is 3.10. The molecular weight excluding hydrogens is 366 g/mol. The SMILES string of the molecule is CCOC(=O)c1cc2cc(NC(=O)NCC(C)N3CCOCC3)ccc2s1. The van der Waals surface area contributed by atoms with Gasteiger partial charge in [0, 0.05) is 36.1 Å². The molecule has 1 aliphatic rings. The van der Waals surface area contributed by atoms with Crippen LogP contribution in [0.25, 0.3) is 10.1 Å². The number of anilines is 1. The fourth-order valence-electron chi connectivity index (χ4n) is 2.99. The van der Waals surface area contributed by atoms with Crippen molar-refractivity contribution in [2.24, 2.45) is 0 Å². The van der Waals surface area contributed by atoms with Gasteiger partial charge in [-0.2, -0.15) is 0 Å². The van der Waals surface area contributed by atoms with E-state index in [0.717, 1.165) is 36.4 Å². The number of rotatable bonds is 6. The first-order valence-electron chi connectivity index (χ1n) is 9.14. The molecule has 3 rings (SSSR count). The number of hydrogen-bond donors (Lipinski definition) is 2. The molecule has 2 N–H and O–H groups in total. The van der Waals surface area contributed by atoms with Gasteiger partial charge in [-0.3, -0.25) is 4.90 Å². The van der Waals surface area contributed by atoms with E-state index < -0.39 is 0 Å². The van der Waals surface area contributed by atoms with E-state index >= 15 is 0 Å². The summed E-state index contributed by atoms with van der Waals surface area (Å²) in [5, 5.41) is 6.67. The Morgan fingerprint density at radius 1 is 1.30 bits per heavy atom. The first-order valence-corrected chi connectivity index (χ1v) is 9.96. The number of hydrogen-bond acceptors (Lipinski definition) is 6. The summed E-state index contributed by atoms with van der Waals surface area (Å²) in [6.07, 6.45) is 0. The molecule has 1 aromatic heterocycles. The summed E-state index contributed by atoms with van der Waals surface area (Å²) in [6.45, 7) is 8.06. The van der Waals surface area contributed by atoms with E-state index in [-0.39, 0.29) is 18.0 Å². The van der Waals surface area contributed by atoms with Gasteiger partial charge in [-0.15, -0.1) is 11.3 Å². The third kappa shape index (κ3) is 5.18. The number of carbonyl (C=O) groups excluding carboxylic acids is 2. The average molecular weight is 391 g/mol. The minimum atomic E-state index is -0.317. The van der Waals surface area contributed by atoms with Crippen LogP contribution in [0.2, 0.25) is 0 Å². The van der Waals surface area contributed by atoms with Crippen LogP contribution in [0.3, 0.4) is 0 Å². The number of fused-ring (bicyclic) bond motifs is 1. The molecule has 2 heterocycles. The highest BCUT2D eigenvalue weighted by Gasteiger charge is 2.17. The van der Waals surface area contributed by atoms with Crippen LogP contribution in [0, 0.1) is 0 Å². The van der Waals surface area contributed by atoms with E-state index in [1.807, 2.05) is 18.2 Å². The number of thiophene rings is 1. The van der Waals surface area contributed by atoms with Crippen molar-refractivity contribution < 1.29 is 19.1 Å². The van der Waals surface area contributed by atoms with Gasteiger partial charge in [-0.05, 0) is 43.5 Å². The predicted octanol–water partition coefficient (Wildman–Crippen LogP) is 2.92. The van der Waals surface area contributed by atoms with Crippen molar-refractivity contribution in [1.29, 1.82) is 0 Å². The van der Waals surface area contributed by atoms with Crippen molar-refractivity contribution >= 4 is 39.1 Å². The standard InChI is InChI=1S/C19H25N3O4S/c1-3-26-18(23)17-11-14-10-15(4-5-16(14)27-17)21-19(24)20-12-13(2)22-6-8-25-9-7-22/h4-5,10-11,13H,3,6-9,12H2,1-2H3,(H2,20,21,24). The van der Waals surface area contributed by atoms with Gasteiger partial charge < -0.3 is 20.1 Å². The van der Waals surface area contributed by atoms with E-state index in [0.29, 0.717) is 23.7 Å². The molecule has 146 valence electrons. The monoisotopic (exact) mass is 391 g/mol. The predicted molar refractivity (Wildman–Crippen MR) is 107 cm³/mol. The number of amides is 2. The number of morpholine rings is 1. The molecule has 0 spiro atoms. The molecule has 0 aliphatic carbocycles. The zero-order valence-corrected chi connectivity index (χ0v) is 16.4. The fraction of sp³-hybridized carbons (Fsp3) is 0.474. The molecule has 2 aromatic rings. The smallest absolute Gasteiger partial charge is 0.348 e. The maximum atomic E-state index is 12.2. The topological polar surface area (TPSA) is 79.9 Å². The summed E-state index contributed by atoms with van der Waals surface area (Å²) in [7, 11) is 0. The van der Waals surface area contributed by atoms with Crippen LogP contribution >= 0.6 is 11.3 Å². The molecule has 0 saturated carbocycles. The summed E-state index contributed by atoms with van der Waals surface area (Å²) in [5.41, 5.74) is 0.687. The van der Waals surface area contributed by atoms with E-state index in [9.17, 15) is 9.59 Å². The molecule has 1 fully saturated rings. The van der Waals surface area contributed by atoms with Gasteiger partial charge >= 0.3 is 12.0 Å². The molecule has 27 heavy (non-hydrogen) atoms. The van der Waals surface area contributed by atoms with Crippen molar-refractivity contribution in [3.05, 3.63) is 29.1 Å². The van der Waals surface area contributed by atoms with E-state index in [1.165, 1.54) is 11.3 Å². The normalized spacial score (nSPS) is 16.1. The van der Waals surface area contributed by atoms with Crippen LogP contribution in [-0.4, -0.2) is 62.4 Å². The van der Waals surface area contributed by atoms with Crippen molar-refractivity contribution in [2.75, 3.05) is 44.8 Å². The third-order valence-corrected chi connectivity index (χ3v) is 5.57. The van der Waals surface area contributed by atoms with E-state index in [4.69, 9.17) is 9.47 Å². The minimum Gasteiger partial charge on any atom is -0.462 e. The van der Waals surface area contributed by atoms with Gasteiger partial charge in [0.1, 0.15) is 4.88 Å². The van der Waals surface area contributed by atoms with Crippen molar-refractivity contribution in [3.63, 3.8) is 0 Å². The van der Waals surface area contributed by atoms with Gasteiger partial charge in [0.15, 0.2) is 0 Å². The summed E-state index contributed by atoms with van der Waals surface area (Å²) >= 11 is 1.38. The van der Waals surface area contributed by atoms with Crippen molar-refractivity contribution in [1.82, 2.24) is 10.2 Å². The fourth-order valence-corrected chi connectivity index (χ4v) is 3.92. The number of nitrogens with zero attached hydrogens (tertiary/aromatic N) is 1. The van der Waals surface area contributed by atoms with Gasteiger partial charge in [-0.25, -0.2) is 9.59 Å². The number of carbonyl (C=O) groups is 2.